The standard InChI is InChI=1S/C18H19N5O2/c1-25-16-6-7-20-18(21-16)23-10-8-22(9-11-23)17(24)12-14-2-4-15(13-19)5-3-14/h2-7H,8-12H2,1H3. The summed E-state index contributed by atoms with van der Waals surface area (Å²) in [6, 6.07) is 10.9. The number of ether oxygens (including phenoxy) is 1. The summed E-state index contributed by atoms with van der Waals surface area (Å²) >= 11 is 0. The third-order valence-electron chi connectivity index (χ3n) is 4.18. The molecular weight excluding hydrogens is 318 g/mol. The lowest BCUT2D eigenvalue weighted by molar-refractivity contribution is -0.130. The molecule has 1 saturated heterocycles. The van der Waals surface area contributed by atoms with Gasteiger partial charge in [-0.1, -0.05) is 12.1 Å². The van der Waals surface area contributed by atoms with Crippen LogP contribution in [0.1, 0.15) is 11.1 Å². The number of amides is 1. The van der Waals surface area contributed by atoms with Crippen LogP contribution in [0.3, 0.4) is 0 Å². The van der Waals surface area contributed by atoms with Gasteiger partial charge in [0.1, 0.15) is 0 Å². The minimum Gasteiger partial charge on any atom is -0.481 e. The summed E-state index contributed by atoms with van der Waals surface area (Å²) < 4.78 is 5.13. The van der Waals surface area contributed by atoms with Crippen molar-refractivity contribution in [2.75, 3.05) is 38.2 Å². The molecule has 1 aromatic heterocycles. The molecule has 0 spiro atoms. The van der Waals surface area contributed by atoms with Crippen molar-refractivity contribution in [1.29, 1.82) is 5.26 Å². The molecule has 7 heteroatoms. The molecule has 1 aromatic carbocycles. The van der Waals surface area contributed by atoms with Gasteiger partial charge in [0, 0.05) is 38.4 Å². The number of hydrogen-bond donors (Lipinski definition) is 0. The Kier molecular flexibility index (Phi) is 5.09. The lowest BCUT2D eigenvalue weighted by atomic mass is 10.1. The molecular formula is C18H19N5O2. The van der Waals surface area contributed by atoms with Crippen molar-refractivity contribution in [3.63, 3.8) is 0 Å². The van der Waals surface area contributed by atoms with E-state index in [2.05, 4.69) is 16.0 Å². The summed E-state index contributed by atoms with van der Waals surface area (Å²) in [6.07, 6.45) is 2.02. The molecule has 0 atom stereocenters. The van der Waals surface area contributed by atoms with Crippen LogP contribution >= 0.6 is 0 Å². The third-order valence-corrected chi connectivity index (χ3v) is 4.18. The largest absolute Gasteiger partial charge is 0.481 e. The van der Waals surface area contributed by atoms with Crippen molar-refractivity contribution in [1.82, 2.24) is 14.9 Å². The topological polar surface area (TPSA) is 82.4 Å². The van der Waals surface area contributed by atoms with Gasteiger partial charge >= 0.3 is 0 Å². The number of aromatic nitrogens is 2. The van der Waals surface area contributed by atoms with E-state index < -0.39 is 0 Å². The molecule has 3 rings (SSSR count). The molecule has 128 valence electrons. The van der Waals surface area contributed by atoms with E-state index in [0.717, 1.165) is 5.56 Å². The number of benzene rings is 1. The number of carbonyl (C=O) groups excluding carboxylic acids is 1. The van der Waals surface area contributed by atoms with Crippen LogP contribution in [0.5, 0.6) is 5.88 Å². The zero-order chi connectivity index (χ0) is 17.6. The number of methoxy groups -OCH3 is 1. The van der Waals surface area contributed by atoms with Crippen LogP contribution in [-0.4, -0.2) is 54.1 Å². The highest BCUT2D eigenvalue weighted by Crippen LogP contribution is 2.15. The highest BCUT2D eigenvalue weighted by molar-refractivity contribution is 5.79. The van der Waals surface area contributed by atoms with Gasteiger partial charge in [0.05, 0.1) is 25.2 Å². The van der Waals surface area contributed by atoms with Gasteiger partial charge in [-0.2, -0.15) is 10.2 Å². The van der Waals surface area contributed by atoms with Crippen molar-refractivity contribution >= 4 is 11.9 Å². The van der Waals surface area contributed by atoms with Crippen LogP contribution < -0.4 is 9.64 Å². The maximum atomic E-state index is 12.5. The molecule has 0 bridgehead atoms. The van der Waals surface area contributed by atoms with E-state index in [9.17, 15) is 4.79 Å². The Hall–Kier alpha value is -3.14. The van der Waals surface area contributed by atoms with Crippen LogP contribution in [0.25, 0.3) is 0 Å². The number of hydrogen-bond acceptors (Lipinski definition) is 6. The number of nitrogens with zero attached hydrogens (tertiary/aromatic N) is 5. The molecule has 2 aromatic rings. The van der Waals surface area contributed by atoms with E-state index in [1.165, 1.54) is 0 Å². The summed E-state index contributed by atoms with van der Waals surface area (Å²) in [6.45, 7) is 2.64. The first-order valence-corrected chi connectivity index (χ1v) is 8.08. The number of piperazine rings is 1. The fourth-order valence-electron chi connectivity index (χ4n) is 2.74. The fraction of sp³-hybridized carbons (Fsp3) is 0.333. The molecule has 0 radical (unpaired) electrons. The van der Waals surface area contributed by atoms with Gasteiger partial charge in [-0.05, 0) is 17.7 Å². The number of carbonyl (C=O) groups is 1. The van der Waals surface area contributed by atoms with Gasteiger partial charge in [0.2, 0.25) is 17.7 Å². The second-order valence-electron chi connectivity index (χ2n) is 5.75. The molecule has 7 nitrogen and oxygen atoms in total. The van der Waals surface area contributed by atoms with Gasteiger partial charge in [-0.15, -0.1) is 0 Å². The Morgan fingerprint density at radius 2 is 1.92 bits per heavy atom. The van der Waals surface area contributed by atoms with Crippen molar-refractivity contribution < 1.29 is 9.53 Å². The minimum atomic E-state index is 0.0934. The number of rotatable bonds is 4. The molecule has 25 heavy (non-hydrogen) atoms. The number of nitriles is 1. The van der Waals surface area contributed by atoms with Crippen LogP contribution in [0.4, 0.5) is 5.95 Å². The van der Waals surface area contributed by atoms with E-state index >= 15 is 0 Å². The molecule has 0 aliphatic carbocycles. The van der Waals surface area contributed by atoms with Crippen LogP contribution in [-0.2, 0) is 11.2 Å². The molecule has 1 fully saturated rings. The first kappa shape index (κ1) is 16.7. The maximum absolute atomic E-state index is 12.5. The lowest BCUT2D eigenvalue weighted by Gasteiger charge is -2.34. The summed E-state index contributed by atoms with van der Waals surface area (Å²) in [5.41, 5.74) is 1.52. The number of anilines is 1. The average molecular weight is 337 g/mol. The highest BCUT2D eigenvalue weighted by Gasteiger charge is 2.22. The first-order chi connectivity index (χ1) is 12.2. The normalized spacial score (nSPS) is 14.1. The molecule has 1 aliphatic heterocycles. The van der Waals surface area contributed by atoms with Crippen molar-refractivity contribution in [3.8, 4) is 11.9 Å². The van der Waals surface area contributed by atoms with Crippen molar-refractivity contribution in [3.05, 3.63) is 47.7 Å². The first-order valence-electron chi connectivity index (χ1n) is 8.08. The van der Waals surface area contributed by atoms with E-state index in [1.807, 2.05) is 21.9 Å². The summed E-state index contributed by atoms with van der Waals surface area (Å²) in [4.78, 5) is 25.0. The van der Waals surface area contributed by atoms with Gasteiger partial charge in [-0.3, -0.25) is 4.79 Å². The molecule has 1 aliphatic rings. The van der Waals surface area contributed by atoms with Gasteiger partial charge in [0.15, 0.2) is 0 Å². The quantitative estimate of drug-likeness (QED) is 0.835. The van der Waals surface area contributed by atoms with E-state index in [-0.39, 0.29) is 5.91 Å². The van der Waals surface area contributed by atoms with Gasteiger partial charge in [0.25, 0.3) is 0 Å². The van der Waals surface area contributed by atoms with Crippen molar-refractivity contribution in [2.24, 2.45) is 0 Å². The second kappa shape index (κ2) is 7.62. The molecule has 2 heterocycles. The van der Waals surface area contributed by atoms with Crippen molar-refractivity contribution in [2.45, 2.75) is 6.42 Å². The zero-order valence-electron chi connectivity index (χ0n) is 14.1. The van der Waals surface area contributed by atoms with E-state index in [0.29, 0.717) is 50.0 Å². The summed E-state index contributed by atoms with van der Waals surface area (Å²) in [5, 5.41) is 8.82. The lowest BCUT2D eigenvalue weighted by Crippen LogP contribution is -2.49. The Morgan fingerprint density at radius 1 is 1.20 bits per heavy atom. The summed E-state index contributed by atoms with van der Waals surface area (Å²) in [7, 11) is 1.58. The maximum Gasteiger partial charge on any atom is 0.228 e. The zero-order valence-corrected chi connectivity index (χ0v) is 14.1. The Morgan fingerprint density at radius 3 is 2.56 bits per heavy atom. The Balaban J connectivity index is 1.56. The van der Waals surface area contributed by atoms with Crippen LogP contribution in [0.2, 0.25) is 0 Å². The fourth-order valence-corrected chi connectivity index (χ4v) is 2.74. The Bertz CT molecular complexity index is 777. The van der Waals surface area contributed by atoms with Gasteiger partial charge in [-0.25, -0.2) is 4.98 Å². The predicted octanol–water partition coefficient (Wildman–Crippen LogP) is 1.25. The van der Waals surface area contributed by atoms with E-state index in [1.54, 1.807) is 31.5 Å². The van der Waals surface area contributed by atoms with E-state index in [4.69, 9.17) is 10.00 Å². The predicted molar refractivity (Wildman–Crippen MR) is 92.2 cm³/mol. The second-order valence-corrected chi connectivity index (χ2v) is 5.75. The molecule has 0 unspecified atom stereocenters. The van der Waals surface area contributed by atoms with Crippen LogP contribution in [0.15, 0.2) is 36.5 Å². The van der Waals surface area contributed by atoms with Gasteiger partial charge < -0.3 is 14.5 Å². The minimum absolute atomic E-state index is 0.0934. The summed E-state index contributed by atoms with van der Waals surface area (Å²) in [5.74, 6) is 1.25. The SMILES string of the molecule is COc1ccnc(N2CCN(C(=O)Cc3ccc(C#N)cc3)CC2)n1. The smallest absolute Gasteiger partial charge is 0.228 e. The van der Waals surface area contributed by atoms with Crippen LogP contribution in [0, 0.1) is 11.3 Å². The monoisotopic (exact) mass is 337 g/mol. The molecule has 0 saturated carbocycles. The third kappa shape index (κ3) is 4.04. The Labute approximate surface area is 146 Å². The molecule has 1 amide bonds. The highest BCUT2D eigenvalue weighted by atomic mass is 16.5. The molecule has 0 N–H and O–H groups in total. The average Bonchev–Trinajstić information content (AvgIpc) is 2.68.